The molecule has 0 fully saturated rings. The average molecular weight is 475 g/mol. The topological polar surface area (TPSA) is 67.2 Å². The van der Waals surface area contributed by atoms with Crippen molar-refractivity contribution in [3.63, 3.8) is 0 Å². The molecule has 1 N–H and O–H groups in total. The van der Waals surface area contributed by atoms with Crippen molar-refractivity contribution in [2.45, 2.75) is 33.2 Å². The molecular formula is C27H27ClN4O2. The molecule has 0 radical (unpaired) electrons. The number of para-hydroxylation sites is 1. The van der Waals surface area contributed by atoms with Crippen LogP contribution in [0.5, 0.6) is 0 Å². The highest BCUT2D eigenvalue weighted by Crippen LogP contribution is 2.27. The third-order valence-electron chi connectivity index (χ3n) is 5.82. The standard InChI is InChI=1S/C27H27ClN4O2/c1-4-24(31(5-2)27(34)29-20-15-13-19(28)14-16-20)25-30-23-12-7-6-11-22(23)26(33)32(25)21-10-8-9-18(3)17-21/h6-17,24H,4-5H2,1-3H3,(H,29,34). The minimum Gasteiger partial charge on any atom is -0.315 e. The minimum absolute atomic E-state index is 0.154. The number of fused-ring (bicyclic) bond motifs is 1. The normalized spacial score (nSPS) is 11.9. The zero-order valence-electron chi connectivity index (χ0n) is 19.5. The molecule has 2 amide bonds. The number of carbonyl (C=O) groups excluding carboxylic acids is 1. The summed E-state index contributed by atoms with van der Waals surface area (Å²) in [6.45, 7) is 6.33. The number of nitrogens with one attached hydrogen (secondary N) is 1. The molecule has 1 unspecified atom stereocenters. The summed E-state index contributed by atoms with van der Waals surface area (Å²) in [6, 6.07) is 21.3. The number of carbonyl (C=O) groups is 1. The maximum absolute atomic E-state index is 13.7. The molecule has 6 nitrogen and oxygen atoms in total. The second-order valence-electron chi connectivity index (χ2n) is 8.11. The first-order chi connectivity index (χ1) is 16.4. The Morgan fingerprint density at radius 1 is 1.06 bits per heavy atom. The Bertz CT molecular complexity index is 1380. The number of urea groups is 1. The summed E-state index contributed by atoms with van der Waals surface area (Å²) in [5.41, 5.74) is 2.86. The van der Waals surface area contributed by atoms with Gasteiger partial charge in [0.05, 0.1) is 22.6 Å². The van der Waals surface area contributed by atoms with Crippen LogP contribution in [0.3, 0.4) is 0 Å². The number of anilines is 1. The van der Waals surface area contributed by atoms with Gasteiger partial charge in [-0.2, -0.15) is 0 Å². The van der Waals surface area contributed by atoms with Gasteiger partial charge < -0.3 is 10.2 Å². The lowest BCUT2D eigenvalue weighted by Crippen LogP contribution is -2.40. The Balaban J connectivity index is 1.85. The molecule has 0 saturated heterocycles. The van der Waals surface area contributed by atoms with E-state index in [1.54, 1.807) is 39.8 Å². The second kappa shape index (κ2) is 10.1. The summed E-state index contributed by atoms with van der Waals surface area (Å²) in [7, 11) is 0. The third kappa shape index (κ3) is 4.68. The van der Waals surface area contributed by atoms with Crippen molar-refractivity contribution in [2.75, 3.05) is 11.9 Å². The van der Waals surface area contributed by atoms with Gasteiger partial charge in [-0.15, -0.1) is 0 Å². The summed E-state index contributed by atoms with van der Waals surface area (Å²) in [6.07, 6.45) is 0.582. The molecule has 4 rings (SSSR count). The summed E-state index contributed by atoms with van der Waals surface area (Å²) in [4.78, 5) is 33.6. The molecule has 1 aromatic heterocycles. The maximum atomic E-state index is 13.7. The Morgan fingerprint density at radius 2 is 1.79 bits per heavy atom. The van der Waals surface area contributed by atoms with Crippen LogP contribution >= 0.6 is 11.6 Å². The number of amides is 2. The molecule has 0 aliphatic carbocycles. The molecular weight excluding hydrogens is 448 g/mol. The Kier molecular flexibility index (Phi) is 6.98. The van der Waals surface area contributed by atoms with E-state index >= 15 is 0 Å². The van der Waals surface area contributed by atoms with Crippen LogP contribution in [0.15, 0.2) is 77.6 Å². The van der Waals surface area contributed by atoms with Gasteiger partial charge in [0, 0.05) is 17.3 Å². The van der Waals surface area contributed by atoms with Gasteiger partial charge in [-0.25, -0.2) is 9.78 Å². The van der Waals surface area contributed by atoms with Gasteiger partial charge in [-0.3, -0.25) is 9.36 Å². The van der Waals surface area contributed by atoms with Crippen LogP contribution in [0.4, 0.5) is 10.5 Å². The monoisotopic (exact) mass is 474 g/mol. The highest BCUT2D eigenvalue weighted by atomic mass is 35.5. The summed E-state index contributed by atoms with van der Waals surface area (Å²) < 4.78 is 1.64. The van der Waals surface area contributed by atoms with Crippen molar-refractivity contribution in [3.05, 3.63) is 99.6 Å². The van der Waals surface area contributed by atoms with Gasteiger partial charge in [0.2, 0.25) is 0 Å². The smallest absolute Gasteiger partial charge is 0.315 e. The molecule has 0 spiro atoms. The van der Waals surface area contributed by atoms with E-state index in [1.807, 2.05) is 63.2 Å². The predicted octanol–water partition coefficient (Wildman–Crippen LogP) is 6.35. The predicted molar refractivity (Wildman–Crippen MR) is 138 cm³/mol. The van der Waals surface area contributed by atoms with Crippen LogP contribution in [0.2, 0.25) is 5.02 Å². The number of hydrogen-bond acceptors (Lipinski definition) is 3. The van der Waals surface area contributed by atoms with E-state index in [1.165, 1.54) is 0 Å². The molecule has 174 valence electrons. The van der Waals surface area contributed by atoms with E-state index in [-0.39, 0.29) is 11.6 Å². The van der Waals surface area contributed by atoms with Gasteiger partial charge in [0.25, 0.3) is 5.56 Å². The molecule has 1 heterocycles. The van der Waals surface area contributed by atoms with Gasteiger partial charge in [-0.1, -0.05) is 42.8 Å². The summed E-state index contributed by atoms with van der Waals surface area (Å²) >= 11 is 5.98. The summed E-state index contributed by atoms with van der Waals surface area (Å²) in [5.74, 6) is 0.532. The number of halogens is 1. The van der Waals surface area contributed by atoms with E-state index in [9.17, 15) is 9.59 Å². The fourth-order valence-corrected chi connectivity index (χ4v) is 4.29. The molecule has 0 aliphatic heterocycles. The Morgan fingerprint density at radius 3 is 2.47 bits per heavy atom. The van der Waals surface area contributed by atoms with E-state index in [0.717, 1.165) is 11.3 Å². The first-order valence-electron chi connectivity index (χ1n) is 11.3. The number of nitrogens with zero attached hydrogens (tertiary/aromatic N) is 3. The SMILES string of the molecule is CCC(c1nc2ccccc2c(=O)n1-c1cccc(C)c1)N(CC)C(=O)Nc1ccc(Cl)cc1. The van der Waals surface area contributed by atoms with E-state index in [0.29, 0.717) is 40.4 Å². The fraction of sp³-hybridized carbons (Fsp3) is 0.222. The van der Waals surface area contributed by atoms with Crippen LogP contribution in [0.1, 0.15) is 37.7 Å². The average Bonchev–Trinajstić information content (AvgIpc) is 2.83. The van der Waals surface area contributed by atoms with Gasteiger partial charge in [0.1, 0.15) is 5.82 Å². The zero-order valence-corrected chi connectivity index (χ0v) is 20.2. The van der Waals surface area contributed by atoms with Crippen LogP contribution in [0.25, 0.3) is 16.6 Å². The highest BCUT2D eigenvalue weighted by Gasteiger charge is 2.28. The first-order valence-corrected chi connectivity index (χ1v) is 11.7. The molecule has 7 heteroatoms. The molecule has 0 aliphatic rings. The lowest BCUT2D eigenvalue weighted by atomic mass is 10.1. The van der Waals surface area contributed by atoms with E-state index in [2.05, 4.69) is 5.32 Å². The number of benzene rings is 3. The third-order valence-corrected chi connectivity index (χ3v) is 6.07. The quantitative estimate of drug-likeness (QED) is 0.354. The molecule has 4 aromatic rings. The van der Waals surface area contributed by atoms with Crippen molar-refractivity contribution < 1.29 is 4.79 Å². The van der Waals surface area contributed by atoms with Crippen molar-refractivity contribution in [1.29, 1.82) is 0 Å². The Labute approximate surface area is 203 Å². The maximum Gasteiger partial charge on any atom is 0.322 e. The van der Waals surface area contributed by atoms with Gasteiger partial charge >= 0.3 is 6.03 Å². The zero-order chi connectivity index (χ0) is 24.2. The lowest BCUT2D eigenvalue weighted by Gasteiger charge is -2.31. The van der Waals surface area contributed by atoms with Crippen molar-refractivity contribution >= 4 is 34.2 Å². The molecule has 0 saturated carbocycles. The fourth-order valence-electron chi connectivity index (χ4n) is 4.17. The number of aryl methyl sites for hydroxylation is 1. The molecule has 0 bridgehead atoms. The lowest BCUT2D eigenvalue weighted by molar-refractivity contribution is 0.185. The Hall–Kier alpha value is -3.64. The molecule has 1 atom stereocenters. The largest absolute Gasteiger partial charge is 0.322 e. The molecule has 3 aromatic carbocycles. The van der Waals surface area contributed by atoms with Crippen LogP contribution < -0.4 is 10.9 Å². The van der Waals surface area contributed by atoms with Crippen LogP contribution in [-0.4, -0.2) is 27.0 Å². The van der Waals surface area contributed by atoms with E-state index < -0.39 is 6.04 Å². The van der Waals surface area contributed by atoms with Crippen molar-refractivity contribution in [3.8, 4) is 5.69 Å². The van der Waals surface area contributed by atoms with E-state index in [4.69, 9.17) is 16.6 Å². The van der Waals surface area contributed by atoms with Crippen molar-refractivity contribution in [1.82, 2.24) is 14.5 Å². The number of hydrogen-bond donors (Lipinski definition) is 1. The van der Waals surface area contributed by atoms with Crippen LogP contribution in [0, 0.1) is 6.92 Å². The van der Waals surface area contributed by atoms with Crippen molar-refractivity contribution in [2.24, 2.45) is 0 Å². The molecule has 34 heavy (non-hydrogen) atoms. The van der Waals surface area contributed by atoms with Gasteiger partial charge in [0.15, 0.2) is 0 Å². The summed E-state index contributed by atoms with van der Waals surface area (Å²) in [5, 5.41) is 4.07. The van der Waals surface area contributed by atoms with Crippen LogP contribution in [-0.2, 0) is 0 Å². The first kappa shape index (κ1) is 23.5. The highest BCUT2D eigenvalue weighted by molar-refractivity contribution is 6.30. The number of rotatable bonds is 6. The second-order valence-corrected chi connectivity index (χ2v) is 8.55. The number of aromatic nitrogens is 2. The van der Waals surface area contributed by atoms with Gasteiger partial charge in [-0.05, 0) is 74.4 Å². The minimum atomic E-state index is -0.421.